The van der Waals surface area contributed by atoms with Gasteiger partial charge in [-0.3, -0.25) is 14.0 Å². The maximum absolute atomic E-state index is 13.2. The molecule has 0 aromatic heterocycles. The van der Waals surface area contributed by atoms with Gasteiger partial charge in [0, 0.05) is 87.7 Å². The largest absolute Gasteiger partial charge is 0.691 e. The lowest BCUT2D eigenvalue weighted by molar-refractivity contribution is -0.777. The molecule has 3 rings (SSSR count). The van der Waals surface area contributed by atoms with Crippen molar-refractivity contribution in [3.8, 4) is 142 Å². The Bertz CT molecular complexity index is 2710. The summed E-state index contributed by atoms with van der Waals surface area (Å²) in [6.45, 7) is 8.46. The summed E-state index contributed by atoms with van der Waals surface area (Å²) in [4.78, 5) is 13.2. The van der Waals surface area contributed by atoms with Crippen molar-refractivity contribution >= 4 is 18.2 Å². The van der Waals surface area contributed by atoms with Crippen molar-refractivity contribution in [3.63, 3.8) is 0 Å². The molecule has 0 bridgehead atoms. The van der Waals surface area contributed by atoms with Gasteiger partial charge >= 0.3 is 0 Å². The summed E-state index contributed by atoms with van der Waals surface area (Å²) in [6.07, 6.45) is 15.0. The van der Waals surface area contributed by atoms with Crippen molar-refractivity contribution in [2.45, 2.75) is 149 Å². The standard InChI is InChI=1S/C59H57NO9S.CH4.24H2/c1-5-7-9-11-13-15-17-19-20-21-22-23-24-25-26-27-28-29-31-33-35-37-42-46-56(61)60-53(51(4)50(3)43-39-36-34-32-30-18-16-14-12-10-8-6-2)48-63-57-47-54(67-70-69-68-62)58-55(65-57)49-64-59(66-58)52-44-40-38-41-45-52;;;;;;;;;;;;;;;;;;;;;;;;;/h36,38-41,44-45,50-51,53-55,57-59,62H,6,8,10,12,14,16,18,30,32,34,43,47-49H2,1-4H3,(H,60,61);1H4;24*1H/p-1/t50-,51-,53+,54?,55?,57?,58?,59?;;;;;;;;;;;;;;;;;;;;;;;;;/m1........................./s1. The van der Waals surface area contributed by atoms with Crippen LogP contribution in [0, 0.1) is 154 Å². The van der Waals surface area contributed by atoms with Gasteiger partial charge in [-0.25, -0.2) is 0 Å². The fourth-order valence-electron chi connectivity index (χ4n) is 6.76. The molecule has 0 spiro atoms. The van der Waals surface area contributed by atoms with Crippen LogP contribution < -0.4 is 10.6 Å². The number of amides is 1. The third-order valence-electron chi connectivity index (χ3n) is 10.5. The third kappa shape index (κ3) is 28.4. The maximum atomic E-state index is 13.2. The fraction of sp³-hybridized carbons (Fsp3) is 0.450. The summed E-state index contributed by atoms with van der Waals surface area (Å²) in [6, 6.07) is 9.06. The molecule has 2 fully saturated rings. The molecule has 5 unspecified atom stereocenters. The van der Waals surface area contributed by atoms with Crippen LogP contribution in [0.4, 0.5) is 0 Å². The lowest BCUT2D eigenvalue weighted by Gasteiger charge is -2.45. The van der Waals surface area contributed by atoms with Crippen LogP contribution in [0.2, 0.25) is 0 Å². The first kappa shape index (κ1) is 60.3. The average Bonchev–Trinajstić information content (AvgIpc) is 3.38. The Kier molecular flexibility index (Phi) is 34.8. The summed E-state index contributed by atoms with van der Waals surface area (Å²) < 4.78 is 35.2. The Hall–Kier alpha value is -6.82. The first-order valence-electron chi connectivity index (χ1n) is 23.2. The molecule has 1 aromatic rings. The van der Waals surface area contributed by atoms with Gasteiger partial charge in [-0.05, 0) is 133 Å². The van der Waals surface area contributed by atoms with E-state index in [0.29, 0.717) is 12.3 Å². The number of ether oxygens (including phenoxy) is 4. The zero-order chi connectivity index (χ0) is 50.0. The van der Waals surface area contributed by atoms with E-state index in [-0.39, 0.29) is 73.1 Å². The monoisotopic (exact) mass is 1020 g/mol. The summed E-state index contributed by atoms with van der Waals surface area (Å²) in [5, 5.41) is 17.1. The molecule has 8 atom stereocenters. The predicted octanol–water partition coefficient (Wildman–Crippen LogP) is 13.6. The molecule has 2 saturated heterocycles. The van der Waals surface area contributed by atoms with Gasteiger partial charge in [0.1, 0.15) is 18.3 Å². The van der Waals surface area contributed by atoms with Gasteiger partial charge in [0.15, 0.2) is 24.9 Å². The molecule has 10 nitrogen and oxygen atoms in total. The van der Waals surface area contributed by atoms with Gasteiger partial charge in [-0.2, -0.15) is 0 Å². The molecule has 1 N–H and O–H groups in total. The Morgan fingerprint density at radius 1 is 0.761 bits per heavy atom. The van der Waals surface area contributed by atoms with E-state index in [4.69, 9.17) is 23.1 Å². The van der Waals surface area contributed by atoms with Crippen molar-refractivity contribution in [1.29, 1.82) is 0 Å². The van der Waals surface area contributed by atoms with E-state index in [1.54, 1.807) is 6.92 Å². The minimum Gasteiger partial charge on any atom is -0.691 e. The third-order valence-corrected chi connectivity index (χ3v) is 11.0. The molecule has 0 radical (unpaired) electrons. The molecule has 414 valence electrons. The van der Waals surface area contributed by atoms with Crippen LogP contribution in [0.1, 0.15) is 158 Å². The molecule has 71 heavy (non-hydrogen) atoms. The average molecular weight is 1020 g/mol. The molecule has 0 saturated carbocycles. The fourth-order valence-corrected chi connectivity index (χ4v) is 7.10. The summed E-state index contributed by atoms with van der Waals surface area (Å²) in [7, 11) is 0. The zero-order valence-corrected chi connectivity index (χ0v) is 41.0. The highest BCUT2D eigenvalue weighted by Crippen LogP contribution is 2.37. The highest BCUT2D eigenvalue weighted by atomic mass is 32.2. The van der Waals surface area contributed by atoms with Gasteiger partial charge in [0.25, 0.3) is 5.91 Å². The number of hydrogen-bond donors (Lipinski definition) is 1. The molecule has 0 aliphatic carbocycles. The number of nitrogens with one attached hydrogen (secondary N) is 1. The van der Waals surface area contributed by atoms with E-state index in [1.807, 2.05) is 30.3 Å². The summed E-state index contributed by atoms with van der Waals surface area (Å²) in [5.41, 5.74) is 0.837. The lowest BCUT2D eigenvalue weighted by Crippen LogP contribution is -2.56. The van der Waals surface area contributed by atoms with Gasteiger partial charge < -0.3 is 29.5 Å². The number of benzene rings is 1. The second kappa shape index (κ2) is 41.0. The van der Waals surface area contributed by atoms with Gasteiger partial charge in [-0.15, -0.1) is 4.33 Å². The highest BCUT2D eigenvalue weighted by molar-refractivity contribution is 7.89. The SMILES string of the molecule is C.CC#CC#CC#CC#CC#CC#CC#CC#CC#CC#CC#CC#CC(=O)N[C@@H](COC1CC(OSOO[O-])C2OC(c3ccccc3)OCC2O1)[C@H](C)[C@H](C)CC=CCCCCCCCCCCC.[HH].[HH].[HH].[HH].[HH].[HH].[HH].[HH].[HH].[HH].[HH].[HH].[HH].[HH].[HH].[HH].[HH].[HH].[HH].[HH].[HH].[HH].[HH].[HH]. The molecule has 2 aliphatic rings. The first-order valence-corrected chi connectivity index (χ1v) is 23.9. The van der Waals surface area contributed by atoms with E-state index in [1.165, 1.54) is 57.8 Å². The number of hydrogen-bond acceptors (Lipinski definition) is 10. The zero-order valence-electron chi connectivity index (χ0n) is 40.1. The maximum Gasteiger partial charge on any atom is 0.297 e. The number of unbranched alkanes of at least 4 members (excludes halogenated alkanes) is 9. The van der Waals surface area contributed by atoms with Crippen LogP contribution in [-0.4, -0.2) is 49.8 Å². The van der Waals surface area contributed by atoms with Crippen molar-refractivity contribution in [3.05, 3.63) is 48.0 Å². The van der Waals surface area contributed by atoms with Gasteiger partial charge in [-0.1, -0.05) is 128 Å². The Balaban J connectivity index is -0.0000000987. The molecule has 2 heterocycles. The predicted molar refractivity (Wildman–Crippen MR) is 326 cm³/mol. The van der Waals surface area contributed by atoms with Crippen LogP contribution in [0.25, 0.3) is 0 Å². The van der Waals surface area contributed by atoms with Crippen LogP contribution in [-0.2, 0) is 37.3 Å². The number of carbonyl (C=O) groups excluding carboxylic acids is 1. The minimum absolute atomic E-state index is 0. The lowest BCUT2D eigenvalue weighted by atomic mass is 9.86. The van der Waals surface area contributed by atoms with Crippen LogP contribution in [0.15, 0.2) is 42.5 Å². The minimum atomic E-state index is -0.771. The molecule has 11 heteroatoms. The summed E-state index contributed by atoms with van der Waals surface area (Å²) >= 11 is 0.402. The molecular formula is C60H108NO9S-. The Morgan fingerprint density at radius 2 is 1.30 bits per heavy atom. The first-order chi connectivity index (χ1) is 34.5. The molecule has 2 aliphatic heterocycles. The Labute approximate surface area is 464 Å². The Morgan fingerprint density at radius 3 is 1.85 bits per heavy atom. The van der Waals surface area contributed by atoms with E-state index >= 15 is 0 Å². The summed E-state index contributed by atoms with van der Waals surface area (Å²) in [5.74, 6) is 60.6. The van der Waals surface area contributed by atoms with E-state index in [2.05, 4.69) is 190 Å². The highest BCUT2D eigenvalue weighted by Gasteiger charge is 2.46. The number of rotatable bonds is 23. The van der Waals surface area contributed by atoms with Crippen molar-refractivity contribution in [1.82, 2.24) is 5.32 Å². The van der Waals surface area contributed by atoms with Crippen molar-refractivity contribution in [2.24, 2.45) is 11.8 Å². The topological polar surface area (TPSA) is 117 Å². The number of fused-ring (bicyclic) bond motifs is 1. The van der Waals surface area contributed by atoms with Crippen LogP contribution in [0.3, 0.4) is 0 Å². The van der Waals surface area contributed by atoms with Crippen molar-refractivity contribution < 1.29 is 76.8 Å². The molecule has 1 aromatic carbocycles. The second-order valence-electron chi connectivity index (χ2n) is 15.6. The van der Waals surface area contributed by atoms with E-state index in [0.717, 1.165) is 18.4 Å². The molecular weight excluding hydrogens is 911 g/mol. The van der Waals surface area contributed by atoms with Gasteiger partial charge in [0.2, 0.25) is 0 Å². The normalized spacial score (nSPS) is 17.7. The smallest absolute Gasteiger partial charge is 0.297 e. The van der Waals surface area contributed by atoms with Crippen LogP contribution >= 0.6 is 12.3 Å². The van der Waals surface area contributed by atoms with Crippen LogP contribution in [0.5, 0.6) is 0 Å². The van der Waals surface area contributed by atoms with Crippen molar-refractivity contribution in [2.75, 3.05) is 13.2 Å². The molecule has 1 amide bonds. The van der Waals surface area contributed by atoms with E-state index < -0.39 is 42.8 Å². The second-order valence-corrected chi connectivity index (χ2v) is 16.0. The number of carbonyl (C=O) groups is 1. The number of allylic oxidation sites excluding steroid dienone is 2. The van der Waals surface area contributed by atoms with E-state index in [9.17, 15) is 10.1 Å². The quantitative estimate of drug-likeness (QED) is 0.0284. The van der Waals surface area contributed by atoms with Gasteiger partial charge in [0.05, 0.1) is 19.3 Å².